The van der Waals surface area contributed by atoms with E-state index in [2.05, 4.69) is 21.7 Å². The molecule has 2 aromatic carbocycles. The number of nitrogens with zero attached hydrogens (tertiary/aromatic N) is 2. The van der Waals surface area contributed by atoms with Gasteiger partial charge in [0.05, 0.1) is 7.11 Å². The summed E-state index contributed by atoms with van der Waals surface area (Å²) in [6.07, 6.45) is 5.22. The number of nitrogen functional groups attached to an aromatic ring is 1. The number of amides is 1. The number of ether oxygens (including phenoxy) is 1. The van der Waals surface area contributed by atoms with Gasteiger partial charge in [-0.2, -0.15) is 0 Å². The summed E-state index contributed by atoms with van der Waals surface area (Å²) in [4.78, 5) is 14.0. The monoisotopic (exact) mass is 392 g/mol. The summed E-state index contributed by atoms with van der Waals surface area (Å²) in [5, 5.41) is 1.14. The summed E-state index contributed by atoms with van der Waals surface area (Å²) in [5.74, 6) is 0.518. The van der Waals surface area contributed by atoms with E-state index in [9.17, 15) is 4.79 Å². The molecule has 1 amide bonds. The second-order valence-electron chi connectivity index (χ2n) is 7.75. The third-order valence-electron chi connectivity index (χ3n) is 5.96. The Morgan fingerprint density at radius 2 is 1.93 bits per heavy atom. The first-order valence-electron chi connectivity index (χ1n) is 10.1. The molecule has 1 aromatic heterocycles. The maximum absolute atomic E-state index is 11.5. The van der Waals surface area contributed by atoms with Gasteiger partial charge >= 0.3 is 0 Å². The first-order valence-corrected chi connectivity index (χ1v) is 10.1. The SMILES string of the molecule is COc1ccc(N)cc1CCN1CCC(n2ccc3ccc(C(N)=O)cc32)CC1. The van der Waals surface area contributed by atoms with E-state index >= 15 is 0 Å². The molecular formula is C23H28N4O2. The number of primary amides is 1. The lowest BCUT2D eigenvalue weighted by molar-refractivity contribution is 0.100. The highest BCUT2D eigenvalue weighted by Gasteiger charge is 2.22. The van der Waals surface area contributed by atoms with Gasteiger partial charge in [0.1, 0.15) is 5.75 Å². The zero-order valence-electron chi connectivity index (χ0n) is 16.8. The van der Waals surface area contributed by atoms with Crippen LogP contribution in [0.1, 0.15) is 34.8 Å². The van der Waals surface area contributed by atoms with Crippen LogP contribution in [0.4, 0.5) is 5.69 Å². The van der Waals surface area contributed by atoms with Crippen molar-refractivity contribution in [2.24, 2.45) is 5.73 Å². The van der Waals surface area contributed by atoms with Crippen molar-refractivity contribution in [2.45, 2.75) is 25.3 Å². The number of carbonyl (C=O) groups is 1. The fourth-order valence-corrected chi connectivity index (χ4v) is 4.31. The van der Waals surface area contributed by atoms with Crippen LogP contribution in [-0.2, 0) is 6.42 Å². The Morgan fingerprint density at radius 3 is 2.66 bits per heavy atom. The molecule has 1 aliphatic rings. The number of hydrogen-bond acceptors (Lipinski definition) is 4. The lowest BCUT2D eigenvalue weighted by Crippen LogP contribution is -2.35. The Kier molecular flexibility index (Phi) is 5.45. The number of nitrogens with two attached hydrogens (primary N) is 2. The van der Waals surface area contributed by atoms with Gasteiger partial charge in [-0.25, -0.2) is 0 Å². The summed E-state index contributed by atoms with van der Waals surface area (Å²) in [5.41, 5.74) is 15.0. The van der Waals surface area contributed by atoms with Crippen LogP contribution < -0.4 is 16.2 Å². The van der Waals surface area contributed by atoms with Gasteiger partial charge in [0.15, 0.2) is 0 Å². The van der Waals surface area contributed by atoms with E-state index in [1.165, 1.54) is 0 Å². The van der Waals surface area contributed by atoms with E-state index in [4.69, 9.17) is 16.2 Å². The van der Waals surface area contributed by atoms with E-state index in [1.54, 1.807) is 13.2 Å². The van der Waals surface area contributed by atoms with Crippen molar-refractivity contribution in [3.8, 4) is 5.75 Å². The molecule has 1 saturated heterocycles. The van der Waals surface area contributed by atoms with Crippen LogP contribution in [0.5, 0.6) is 5.75 Å². The van der Waals surface area contributed by atoms with Gasteiger partial charge in [-0.05, 0) is 66.6 Å². The molecule has 152 valence electrons. The summed E-state index contributed by atoms with van der Waals surface area (Å²) in [6.45, 7) is 3.08. The van der Waals surface area contributed by atoms with Crippen LogP contribution in [0.2, 0.25) is 0 Å². The number of anilines is 1. The highest BCUT2D eigenvalue weighted by atomic mass is 16.5. The largest absolute Gasteiger partial charge is 0.496 e. The minimum Gasteiger partial charge on any atom is -0.496 e. The average molecular weight is 393 g/mol. The molecule has 0 aliphatic carbocycles. The maximum Gasteiger partial charge on any atom is 0.248 e. The molecule has 6 nitrogen and oxygen atoms in total. The maximum atomic E-state index is 11.5. The Hall–Kier alpha value is -2.99. The van der Waals surface area contributed by atoms with Crippen molar-refractivity contribution in [1.29, 1.82) is 0 Å². The molecule has 0 atom stereocenters. The van der Waals surface area contributed by atoms with Crippen LogP contribution in [-0.4, -0.2) is 42.1 Å². The molecule has 4 rings (SSSR count). The molecule has 6 heteroatoms. The van der Waals surface area contributed by atoms with E-state index < -0.39 is 0 Å². The number of rotatable bonds is 6. The van der Waals surface area contributed by atoms with Crippen molar-refractivity contribution in [3.05, 3.63) is 59.8 Å². The summed E-state index contributed by atoms with van der Waals surface area (Å²) < 4.78 is 7.77. The smallest absolute Gasteiger partial charge is 0.248 e. The van der Waals surface area contributed by atoms with Gasteiger partial charge in [-0.15, -0.1) is 0 Å². The van der Waals surface area contributed by atoms with Gasteiger partial charge in [-0.3, -0.25) is 4.79 Å². The molecule has 0 radical (unpaired) electrons. The minimum atomic E-state index is -0.383. The van der Waals surface area contributed by atoms with Crippen molar-refractivity contribution in [1.82, 2.24) is 9.47 Å². The highest BCUT2D eigenvalue weighted by molar-refractivity contribution is 5.97. The Bertz CT molecular complexity index is 1020. The second kappa shape index (κ2) is 8.17. The van der Waals surface area contributed by atoms with Gasteiger partial charge in [-0.1, -0.05) is 6.07 Å². The molecule has 0 saturated carbocycles. The normalized spacial score (nSPS) is 15.6. The number of hydrogen-bond donors (Lipinski definition) is 2. The third-order valence-corrected chi connectivity index (χ3v) is 5.96. The van der Waals surface area contributed by atoms with Crippen LogP contribution in [0.3, 0.4) is 0 Å². The molecule has 4 N–H and O–H groups in total. The van der Waals surface area contributed by atoms with Crippen molar-refractivity contribution in [3.63, 3.8) is 0 Å². The van der Waals surface area contributed by atoms with E-state index in [0.29, 0.717) is 11.6 Å². The minimum absolute atomic E-state index is 0.383. The summed E-state index contributed by atoms with van der Waals surface area (Å²) in [6, 6.07) is 14.0. The molecular weight excluding hydrogens is 364 g/mol. The first-order chi connectivity index (χ1) is 14.0. The number of benzene rings is 2. The van der Waals surface area contributed by atoms with Crippen molar-refractivity contribution >= 4 is 22.5 Å². The fourth-order valence-electron chi connectivity index (χ4n) is 4.31. The standard InChI is InChI=1S/C23H28N4O2/c1-29-22-5-4-19(24)14-17(22)6-10-26-11-8-20(9-12-26)27-13-7-16-2-3-18(23(25)28)15-21(16)27/h2-5,7,13-15,20H,6,8-12,24H2,1H3,(H2,25,28). The Labute approximate surface area is 171 Å². The average Bonchev–Trinajstić information content (AvgIpc) is 3.16. The predicted molar refractivity (Wildman–Crippen MR) is 116 cm³/mol. The number of piperidine rings is 1. The van der Waals surface area contributed by atoms with Crippen molar-refractivity contribution < 1.29 is 9.53 Å². The van der Waals surface area contributed by atoms with Crippen LogP contribution >= 0.6 is 0 Å². The third kappa shape index (κ3) is 4.07. The molecule has 0 unspecified atom stereocenters. The van der Waals surface area contributed by atoms with Crippen molar-refractivity contribution in [2.75, 3.05) is 32.5 Å². The zero-order valence-corrected chi connectivity index (χ0v) is 16.8. The summed E-state index contributed by atoms with van der Waals surface area (Å²) >= 11 is 0. The molecule has 29 heavy (non-hydrogen) atoms. The number of methoxy groups -OCH3 is 1. The number of fused-ring (bicyclic) bond motifs is 1. The highest BCUT2D eigenvalue weighted by Crippen LogP contribution is 2.29. The molecule has 2 heterocycles. The van der Waals surface area contributed by atoms with Gasteiger partial charge in [0.2, 0.25) is 5.91 Å². The Morgan fingerprint density at radius 1 is 1.14 bits per heavy atom. The number of aromatic nitrogens is 1. The lowest BCUT2D eigenvalue weighted by atomic mass is 10.0. The second-order valence-corrected chi connectivity index (χ2v) is 7.75. The molecule has 0 bridgehead atoms. The van der Waals surface area contributed by atoms with Gasteiger partial charge < -0.3 is 25.7 Å². The van der Waals surface area contributed by atoms with E-state index in [-0.39, 0.29) is 5.91 Å². The quantitative estimate of drug-likeness (QED) is 0.631. The van der Waals surface area contributed by atoms with Crippen LogP contribution in [0.25, 0.3) is 10.9 Å². The topological polar surface area (TPSA) is 86.5 Å². The summed E-state index contributed by atoms with van der Waals surface area (Å²) in [7, 11) is 1.70. The number of carbonyl (C=O) groups excluding carboxylic acids is 1. The van der Waals surface area contributed by atoms with E-state index in [0.717, 1.165) is 66.8 Å². The molecule has 0 spiro atoms. The first kappa shape index (κ1) is 19.3. The predicted octanol–water partition coefficient (Wildman–Crippen LogP) is 3.21. The van der Waals surface area contributed by atoms with Crippen LogP contribution in [0.15, 0.2) is 48.7 Å². The molecule has 1 fully saturated rings. The lowest BCUT2D eigenvalue weighted by Gasteiger charge is -2.33. The fraction of sp³-hybridized carbons (Fsp3) is 0.348. The van der Waals surface area contributed by atoms with Gasteiger partial charge in [0, 0.05) is 48.6 Å². The zero-order chi connectivity index (χ0) is 20.4. The molecule has 1 aliphatic heterocycles. The van der Waals surface area contributed by atoms with Gasteiger partial charge in [0.25, 0.3) is 0 Å². The van der Waals surface area contributed by atoms with Crippen LogP contribution in [0, 0.1) is 0 Å². The van der Waals surface area contributed by atoms with E-state index in [1.807, 2.05) is 30.3 Å². The Balaban J connectivity index is 1.40. The number of likely N-dealkylation sites (tertiary alicyclic amines) is 1. The molecule has 3 aromatic rings.